The highest BCUT2D eigenvalue weighted by Crippen LogP contribution is 2.37. The number of hydrogen-bond acceptors (Lipinski definition) is 7. The van der Waals surface area contributed by atoms with E-state index >= 15 is 0 Å². The van der Waals surface area contributed by atoms with Crippen LogP contribution >= 0.6 is 0 Å². The van der Waals surface area contributed by atoms with Gasteiger partial charge in [-0.05, 0) is 50.5 Å². The van der Waals surface area contributed by atoms with Crippen molar-refractivity contribution in [3.63, 3.8) is 0 Å². The summed E-state index contributed by atoms with van der Waals surface area (Å²) >= 11 is 0. The molecular formula is C25H27N7O2. The number of rotatable bonds is 6. The van der Waals surface area contributed by atoms with E-state index in [4.69, 9.17) is 0 Å². The van der Waals surface area contributed by atoms with Gasteiger partial charge in [-0.1, -0.05) is 18.2 Å². The van der Waals surface area contributed by atoms with E-state index in [0.717, 1.165) is 11.4 Å². The Hall–Kier alpha value is -4.24. The molecule has 1 aromatic heterocycles. The molecule has 0 fully saturated rings. The quantitative estimate of drug-likeness (QED) is 0.546. The van der Waals surface area contributed by atoms with Gasteiger partial charge in [-0.15, -0.1) is 0 Å². The molecule has 1 aliphatic heterocycles. The van der Waals surface area contributed by atoms with Crippen LogP contribution in [0.2, 0.25) is 0 Å². The number of carbonyl (C=O) groups excluding carboxylic acids is 2. The van der Waals surface area contributed by atoms with Crippen molar-refractivity contribution in [1.29, 1.82) is 0 Å². The number of hydrogen-bond donors (Lipinski definition) is 2. The first-order valence-electron chi connectivity index (χ1n) is 10.8. The number of carbonyl (C=O) groups is 2. The fourth-order valence-electron chi connectivity index (χ4n) is 3.58. The van der Waals surface area contributed by atoms with Crippen molar-refractivity contribution in [3.05, 3.63) is 72.4 Å². The van der Waals surface area contributed by atoms with Crippen LogP contribution in [0, 0.1) is 0 Å². The molecule has 9 heteroatoms. The summed E-state index contributed by atoms with van der Waals surface area (Å²) < 4.78 is 0. The van der Waals surface area contributed by atoms with E-state index in [1.54, 1.807) is 36.4 Å². The number of para-hydroxylation sites is 1. The highest BCUT2D eigenvalue weighted by atomic mass is 16.2. The second kappa shape index (κ2) is 9.72. The normalized spacial score (nSPS) is 13.0. The number of anilines is 6. The predicted octanol–water partition coefficient (Wildman–Crippen LogP) is 3.63. The molecule has 0 saturated heterocycles. The minimum Gasteiger partial charge on any atom is -0.327 e. The Labute approximate surface area is 198 Å². The molecule has 0 saturated carbocycles. The first kappa shape index (κ1) is 22.9. The van der Waals surface area contributed by atoms with E-state index in [-0.39, 0.29) is 11.8 Å². The molecule has 3 aromatic rings. The Kier molecular flexibility index (Phi) is 6.55. The highest BCUT2D eigenvalue weighted by molar-refractivity contribution is 6.13. The summed E-state index contributed by atoms with van der Waals surface area (Å²) in [6.07, 6.45) is 4.97. The second-order valence-corrected chi connectivity index (χ2v) is 8.20. The summed E-state index contributed by atoms with van der Waals surface area (Å²) in [7, 11) is 7.48. The summed E-state index contributed by atoms with van der Waals surface area (Å²) in [5.41, 5.74) is 3.46. The topological polar surface area (TPSA) is 93.7 Å². The zero-order chi connectivity index (χ0) is 24.2. The Balaban J connectivity index is 1.51. The molecule has 2 amide bonds. The van der Waals surface area contributed by atoms with E-state index in [1.807, 2.05) is 67.3 Å². The van der Waals surface area contributed by atoms with Gasteiger partial charge in [0.15, 0.2) is 5.82 Å². The van der Waals surface area contributed by atoms with Crippen LogP contribution < -0.4 is 20.4 Å². The molecule has 2 N–H and O–H groups in total. The number of nitrogens with one attached hydrogen (secondary N) is 2. The number of likely N-dealkylation sites (N-methyl/N-ethyl adjacent to an activating group) is 1. The molecule has 2 heterocycles. The van der Waals surface area contributed by atoms with Crippen LogP contribution in [0.25, 0.3) is 0 Å². The van der Waals surface area contributed by atoms with Crippen LogP contribution in [-0.2, 0) is 4.79 Å². The maximum atomic E-state index is 12.9. The third kappa shape index (κ3) is 4.89. The van der Waals surface area contributed by atoms with Crippen molar-refractivity contribution in [3.8, 4) is 0 Å². The molecule has 174 valence electrons. The molecule has 34 heavy (non-hydrogen) atoms. The number of fused-ring (bicyclic) bond motifs is 2. The van der Waals surface area contributed by atoms with E-state index < -0.39 is 0 Å². The number of nitrogens with zero attached hydrogens (tertiary/aromatic N) is 5. The van der Waals surface area contributed by atoms with Crippen molar-refractivity contribution in [2.75, 3.05) is 55.2 Å². The molecule has 1 aliphatic rings. The minimum atomic E-state index is -0.182. The number of amides is 2. The smallest absolute Gasteiger partial charge is 0.260 e. The Morgan fingerprint density at radius 2 is 1.71 bits per heavy atom. The van der Waals surface area contributed by atoms with Crippen LogP contribution in [-0.4, -0.2) is 61.4 Å². The molecule has 9 nitrogen and oxygen atoms in total. The van der Waals surface area contributed by atoms with Crippen LogP contribution in [0.3, 0.4) is 0 Å². The fourth-order valence-corrected chi connectivity index (χ4v) is 3.58. The lowest BCUT2D eigenvalue weighted by Gasteiger charge is -2.21. The van der Waals surface area contributed by atoms with E-state index in [2.05, 4.69) is 20.6 Å². The van der Waals surface area contributed by atoms with Crippen molar-refractivity contribution >= 4 is 46.3 Å². The number of benzene rings is 2. The third-order valence-corrected chi connectivity index (χ3v) is 5.38. The van der Waals surface area contributed by atoms with E-state index in [1.165, 1.54) is 6.08 Å². The van der Waals surface area contributed by atoms with Gasteiger partial charge in [0.1, 0.15) is 5.69 Å². The van der Waals surface area contributed by atoms with Gasteiger partial charge in [0, 0.05) is 38.1 Å². The molecule has 0 spiro atoms. The molecule has 0 radical (unpaired) electrons. The van der Waals surface area contributed by atoms with Gasteiger partial charge < -0.3 is 25.3 Å². The SMILES string of the molecule is CN(C)CC=CC(=O)Nc1ccc(Nc2ncc3c(n2)N(C)c2ccccc2C(=O)N3C)cc1. The summed E-state index contributed by atoms with van der Waals surface area (Å²) in [6.45, 7) is 0.696. The molecular weight excluding hydrogens is 430 g/mol. The lowest BCUT2D eigenvalue weighted by molar-refractivity contribution is -0.111. The van der Waals surface area contributed by atoms with E-state index in [0.29, 0.717) is 35.2 Å². The van der Waals surface area contributed by atoms with Crippen molar-refractivity contribution in [2.45, 2.75) is 0 Å². The average Bonchev–Trinajstić information content (AvgIpc) is 2.90. The van der Waals surface area contributed by atoms with Gasteiger partial charge >= 0.3 is 0 Å². The first-order chi connectivity index (χ1) is 16.3. The zero-order valence-electron chi connectivity index (χ0n) is 19.6. The third-order valence-electron chi connectivity index (χ3n) is 5.38. The Morgan fingerprint density at radius 3 is 2.44 bits per heavy atom. The van der Waals surface area contributed by atoms with Gasteiger partial charge in [-0.25, -0.2) is 4.98 Å². The Bertz CT molecular complexity index is 1240. The largest absolute Gasteiger partial charge is 0.327 e. The average molecular weight is 458 g/mol. The summed E-state index contributed by atoms with van der Waals surface area (Å²) in [6, 6.07) is 14.7. The summed E-state index contributed by atoms with van der Waals surface area (Å²) in [5, 5.41) is 6.02. The number of aromatic nitrogens is 2. The standard InChI is InChI=1S/C25H27N7O2/c1-30(2)15-7-10-22(33)27-17-11-13-18(14-12-17)28-25-26-16-21-23(29-25)31(3)20-9-6-5-8-19(20)24(34)32(21)4/h5-14,16H,15H2,1-4H3,(H,27,33)(H,26,28,29). The van der Waals surface area contributed by atoms with Gasteiger partial charge in [0.05, 0.1) is 17.4 Å². The van der Waals surface area contributed by atoms with Crippen molar-refractivity contribution in [2.24, 2.45) is 0 Å². The maximum absolute atomic E-state index is 12.9. The molecule has 0 unspecified atom stereocenters. The van der Waals surface area contributed by atoms with E-state index in [9.17, 15) is 9.59 Å². The molecule has 4 rings (SSSR count). The predicted molar refractivity (Wildman–Crippen MR) is 135 cm³/mol. The lowest BCUT2D eigenvalue weighted by atomic mass is 10.1. The van der Waals surface area contributed by atoms with Gasteiger partial charge in [-0.3, -0.25) is 9.59 Å². The monoisotopic (exact) mass is 457 g/mol. The van der Waals surface area contributed by atoms with Crippen molar-refractivity contribution < 1.29 is 9.59 Å². The van der Waals surface area contributed by atoms with Gasteiger partial charge in [0.2, 0.25) is 11.9 Å². The Morgan fingerprint density at radius 1 is 1.00 bits per heavy atom. The van der Waals surface area contributed by atoms with Gasteiger partial charge in [-0.2, -0.15) is 4.98 Å². The minimum absolute atomic E-state index is 0.111. The summed E-state index contributed by atoms with van der Waals surface area (Å²) in [4.78, 5) is 39.4. The second-order valence-electron chi connectivity index (χ2n) is 8.20. The molecule has 0 aliphatic carbocycles. The zero-order valence-corrected chi connectivity index (χ0v) is 19.6. The van der Waals surface area contributed by atoms with Crippen LogP contribution in [0.4, 0.5) is 34.5 Å². The van der Waals surface area contributed by atoms with Crippen LogP contribution in [0.5, 0.6) is 0 Å². The maximum Gasteiger partial charge on any atom is 0.260 e. The summed E-state index contributed by atoms with van der Waals surface area (Å²) in [5.74, 6) is 0.722. The first-order valence-corrected chi connectivity index (χ1v) is 10.8. The molecule has 2 aromatic carbocycles. The highest BCUT2D eigenvalue weighted by Gasteiger charge is 2.28. The van der Waals surface area contributed by atoms with Gasteiger partial charge in [0.25, 0.3) is 5.91 Å². The molecule has 0 bridgehead atoms. The lowest BCUT2D eigenvalue weighted by Crippen LogP contribution is -2.25. The van der Waals surface area contributed by atoms with Crippen LogP contribution in [0.1, 0.15) is 10.4 Å². The van der Waals surface area contributed by atoms with Crippen LogP contribution in [0.15, 0.2) is 66.9 Å². The molecule has 0 atom stereocenters. The van der Waals surface area contributed by atoms with Crippen molar-refractivity contribution in [1.82, 2.24) is 14.9 Å². The fraction of sp³-hybridized carbons (Fsp3) is 0.200.